The van der Waals surface area contributed by atoms with Gasteiger partial charge in [-0.1, -0.05) is 12.1 Å². The molecule has 9 nitrogen and oxygen atoms in total. The second-order valence-corrected chi connectivity index (χ2v) is 6.01. The van der Waals surface area contributed by atoms with Gasteiger partial charge < -0.3 is 25.1 Å². The number of nitrogens with zero attached hydrogens (tertiary/aromatic N) is 1. The van der Waals surface area contributed by atoms with Crippen LogP contribution in [0, 0.1) is 0 Å². The molecule has 1 heterocycles. The molecule has 2 aromatic carbocycles. The van der Waals surface area contributed by atoms with Crippen LogP contribution in [0.2, 0.25) is 0 Å². The molecule has 3 aromatic rings. The van der Waals surface area contributed by atoms with Crippen LogP contribution in [0.3, 0.4) is 0 Å². The minimum Gasteiger partial charge on any atom is -0.504 e. The molecule has 0 unspecified atom stereocenters. The van der Waals surface area contributed by atoms with E-state index in [1.54, 1.807) is 43.3 Å². The third-order valence-electron chi connectivity index (χ3n) is 3.96. The van der Waals surface area contributed by atoms with Crippen molar-refractivity contribution >= 4 is 23.2 Å². The van der Waals surface area contributed by atoms with E-state index < -0.39 is 23.2 Å². The number of phenols is 3. The van der Waals surface area contributed by atoms with Crippen molar-refractivity contribution in [2.75, 3.05) is 5.32 Å². The predicted molar refractivity (Wildman–Crippen MR) is 104 cm³/mol. The van der Waals surface area contributed by atoms with E-state index in [9.17, 15) is 24.9 Å². The van der Waals surface area contributed by atoms with Gasteiger partial charge in [0.25, 0.3) is 11.8 Å². The average molecular weight is 395 g/mol. The summed E-state index contributed by atoms with van der Waals surface area (Å²) in [7, 11) is 0. The van der Waals surface area contributed by atoms with E-state index in [1.165, 1.54) is 6.26 Å². The van der Waals surface area contributed by atoms with Crippen LogP contribution < -0.4 is 10.7 Å². The van der Waals surface area contributed by atoms with Crippen molar-refractivity contribution in [2.24, 2.45) is 5.10 Å². The fourth-order valence-electron chi connectivity index (χ4n) is 2.39. The number of furan rings is 1. The molecule has 29 heavy (non-hydrogen) atoms. The zero-order chi connectivity index (χ0) is 21.0. The molecule has 0 aliphatic carbocycles. The normalized spacial score (nSPS) is 11.1. The number of rotatable bonds is 5. The summed E-state index contributed by atoms with van der Waals surface area (Å²) in [6, 6.07) is 11.9. The minimum absolute atomic E-state index is 0.0784. The molecular formula is C20H17N3O6. The molecule has 0 saturated heterocycles. The van der Waals surface area contributed by atoms with Crippen molar-refractivity contribution in [3.63, 3.8) is 0 Å². The zero-order valence-electron chi connectivity index (χ0n) is 15.2. The molecular weight excluding hydrogens is 378 g/mol. The lowest BCUT2D eigenvalue weighted by Crippen LogP contribution is -2.19. The van der Waals surface area contributed by atoms with Gasteiger partial charge in [0.05, 0.1) is 12.0 Å². The second kappa shape index (κ2) is 8.17. The van der Waals surface area contributed by atoms with Crippen LogP contribution in [0.25, 0.3) is 0 Å². The lowest BCUT2D eigenvalue weighted by molar-refractivity contribution is 0.0952. The number of aromatic hydroxyl groups is 3. The van der Waals surface area contributed by atoms with E-state index in [-0.39, 0.29) is 17.2 Å². The molecule has 0 bridgehead atoms. The van der Waals surface area contributed by atoms with Crippen molar-refractivity contribution in [1.29, 1.82) is 0 Å². The molecule has 0 spiro atoms. The number of amides is 2. The van der Waals surface area contributed by atoms with Crippen molar-refractivity contribution in [2.45, 2.75) is 6.92 Å². The molecule has 3 rings (SSSR count). The number of anilines is 1. The smallest absolute Gasteiger partial charge is 0.291 e. The fraction of sp³-hybridized carbons (Fsp3) is 0.0500. The Hall–Kier alpha value is -4.27. The van der Waals surface area contributed by atoms with E-state index >= 15 is 0 Å². The first-order valence-corrected chi connectivity index (χ1v) is 8.40. The number of carbonyl (C=O) groups excluding carboxylic acids is 2. The summed E-state index contributed by atoms with van der Waals surface area (Å²) in [5.74, 6) is -2.81. The van der Waals surface area contributed by atoms with Gasteiger partial charge >= 0.3 is 0 Å². The largest absolute Gasteiger partial charge is 0.504 e. The Morgan fingerprint density at radius 1 is 0.931 bits per heavy atom. The highest BCUT2D eigenvalue weighted by Crippen LogP contribution is 2.35. The summed E-state index contributed by atoms with van der Waals surface area (Å²) in [5.41, 5.74) is 3.95. The summed E-state index contributed by atoms with van der Waals surface area (Å²) >= 11 is 0. The van der Waals surface area contributed by atoms with Crippen molar-refractivity contribution < 1.29 is 29.3 Å². The first-order chi connectivity index (χ1) is 13.8. The molecule has 0 saturated carbocycles. The monoisotopic (exact) mass is 395 g/mol. The highest BCUT2D eigenvalue weighted by Gasteiger charge is 2.13. The third kappa shape index (κ3) is 4.53. The summed E-state index contributed by atoms with van der Waals surface area (Å²) in [6.45, 7) is 1.67. The minimum atomic E-state index is -0.708. The third-order valence-corrected chi connectivity index (χ3v) is 3.96. The number of benzene rings is 2. The van der Waals surface area contributed by atoms with Crippen molar-refractivity contribution in [3.8, 4) is 17.2 Å². The Labute approximate surface area is 164 Å². The topological polar surface area (TPSA) is 144 Å². The molecule has 0 fully saturated rings. The number of carbonyl (C=O) groups is 2. The number of nitrogens with one attached hydrogen (secondary N) is 2. The lowest BCUT2D eigenvalue weighted by atomic mass is 10.1. The molecule has 0 aliphatic rings. The van der Waals surface area contributed by atoms with E-state index in [4.69, 9.17) is 4.42 Å². The Morgan fingerprint density at radius 3 is 2.17 bits per heavy atom. The Kier molecular flexibility index (Phi) is 5.49. The first kappa shape index (κ1) is 19.5. The molecule has 2 amide bonds. The van der Waals surface area contributed by atoms with Crippen LogP contribution in [-0.4, -0.2) is 32.8 Å². The summed E-state index contributed by atoms with van der Waals surface area (Å²) < 4.78 is 5.03. The van der Waals surface area contributed by atoms with E-state index in [0.717, 1.165) is 12.1 Å². The van der Waals surface area contributed by atoms with Crippen molar-refractivity contribution in [1.82, 2.24) is 5.43 Å². The quantitative estimate of drug-likeness (QED) is 0.255. The number of hydrogen-bond acceptors (Lipinski definition) is 7. The SMILES string of the molecule is C/C(=N\NC(=O)c1cc(O)c(O)c(O)c1)c1ccc(NC(=O)c2ccco2)cc1. The summed E-state index contributed by atoms with van der Waals surface area (Å²) in [5, 5.41) is 34.9. The summed E-state index contributed by atoms with van der Waals surface area (Å²) in [4.78, 5) is 24.1. The number of hydrazone groups is 1. The molecule has 1 aromatic heterocycles. The maximum atomic E-state index is 12.1. The molecule has 9 heteroatoms. The Bertz CT molecular complexity index is 1050. The van der Waals surface area contributed by atoms with Gasteiger partial charge in [-0.15, -0.1) is 0 Å². The molecule has 0 atom stereocenters. The van der Waals surface area contributed by atoms with E-state index in [1.807, 2.05) is 0 Å². The van der Waals surface area contributed by atoms with Gasteiger partial charge in [-0.25, -0.2) is 5.43 Å². The Balaban J connectivity index is 1.65. The zero-order valence-corrected chi connectivity index (χ0v) is 15.2. The lowest BCUT2D eigenvalue weighted by Gasteiger charge is -2.07. The second-order valence-electron chi connectivity index (χ2n) is 6.01. The van der Waals surface area contributed by atoms with Crippen LogP contribution in [0.1, 0.15) is 33.4 Å². The molecule has 148 valence electrons. The predicted octanol–water partition coefficient (Wildman–Crippen LogP) is 2.80. The van der Waals surface area contributed by atoms with Gasteiger partial charge in [-0.2, -0.15) is 5.10 Å². The maximum absolute atomic E-state index is 12.1. The van der Waals surface area contributed by atoms with Gasteiger partial charge in [0, 0.05) is 11.3 Å². The molecule has 5 N–H and O–H groups in total. The highest BCUT2D eigenvalue weighted by molar-refractivity contribution is 6.03. The van der Waals surface area contributed by atoms with E-state index in [2.05, 4.69) is 15.8 Å². The van der Waals surface area contributed by atoms with Crippen LogP contribution in [-0.2, 0) is 0 Å². The number of phenolic OH excluding ortho intramolecular Hbond substituents is 3. The highest BCUT2D eigenvalue weighted by atomic mass is 16.3. The Morgan fingerprint density at radius 2 is 1.59 bits per heavy atom. The van der Waals surface area contributed by atoms with E-state index in [0.29, 0.717) is 17.0 Å². The van der Waals surface area contributed by atoms with Crippen molar-refractivity contribution in [3.05, 3.63) is 71.7 Å². The van der Waals surface area contributed by atoms with Gasteiger partial charge in [0.1, 0.15) is 0 Å². The standard InChI is InChI=1S/C20H17N3O6/c1-11(22-23-19(27)13-9-15(24)18(26)16(25)10-13)12-4-6-14(7-5-12)21-20(28)17-3-2-8-29-17/h2-10,24-26H,1H3,(H,21,28)(H,23,27)/b22-11+. The van der Waals surface area contributed by atoms with Gasteiger partial charge in [-0.3, -0.25) is 9.59 Å². The van der Waals surface area contributed by atoms with Crippen LogP contribution in [0.5, 0.6) is 17.2 Å². The van der Waals surface area contributed by atoms with Crippen LogP contribution >= 0.6 is 0 Å². The molecule has 0 aliphatic heterocycles. The van der Waals surface area contributed by atoms with Gasteiger partial charge in [-0.05, 0) is 48.9 Å². The fourth-order valence-corrected chi connectivity index (χ4v) is 2.39. The maximum Gasteiger partial charge on any atom is 0.291 e. The van der Waals surface area contributed by atoms with Gasteiger partial charge in [0.15, 0.2) is 23.0 Å². The summed E-state index contributed by atoms with van der Waals surface area (Å²) in [6.07, 6.45) is 1.41. The first-order valence-electron chi connectivity index (χ1n) is 8.40. The van der Waals surface area contributed by atoms with Crippen LogP contribution in [0.15, 0.2) is 64.3 Å². The average Bonchev–Trinajstić information content (AvgIpc) is 3.25. The number of hydrogen-bond donors (Lipinski definition) is 5. The van der Waals surface area contributed by atoms with Gasteiger partial charge in [0.2, 0.25) is 0 Å². The van der Waals surface area contributed by atoms with Crippen LogP contribution in [0.4, 0.5) is 5.69 Å². The molecule has 0 radical (unpaired) electrons.